The molecule has 0 heterocycles. The smallest absolute Gasteiger partial charge is 0.416 e. The lowest BCUT2D eigenvalue weighted by molar-refractivity contribution is -0.137. The zero-order valence-corrected chi connectivity index (χ0v) is 17.4. The van der Waals surface area contributed by atoms with Gasteiger partial charge in [-0.2, -0.15) is 13.2 Å². The van der Waals surface area contributed by atoms with Gasteiger partial charge >= 0.3 is 6.18 Å². The average Bonchev–Trinajstić information content (AvgIpc) is 2.68. The van der Waals surface area contributed by atoms with Gasteiger partial charge in [0.2, 0.25) is 11.7 Å². The molecule has 0 aliphatic heterocycles. The predicted octanol–water partition coefficient (Wildman–Crippen LogP) is 4.65. The summed E-state index contributed by atoms with van der Waals surface area (Å²) in [5.41, 5.74) is -0.189. The van der Waals surface area contributed by atoms with Gasteiger partial charge < -0.3 is 24.3 Å². The summed E-state index contributed by atoms with van der Waals surface area (Å²) in [7, 11) is 4.41. The van der Waals surface area contributed by atoms with Crippen molar-refractivity contribution in [2.75, 3.05) is 33.3 Å². The first-order valence-corrected chi connectivity index (χ1v) is 9.02. The van der Waals surface area contributed by atoms with E-state index in [1.54, 1.807) is 6.07 Å². The quantitative estimate of drug-likeness (QED) is 0.599. The van der Waals surface area contributed by atoms with Crippen LogP contribution in [0.5, 0.6) is 17.2 Å². The molecular weight excluding hydrogens is 459 g/mol. The van der Waals surface area contributed by atoms with Crippen LogP contribution >= 0.6 is 15.9 Å². The normalized spacial score (nSPS) is 11.1. The number of carbonyl (C=O) groups is 1. The number of halogens is 4. The maximum atomic E-state index is 12.7. The molecule has 0 aliphatic carbocycles. The summed E-state index contributed by atoms with van der Waals surface area (Å²) in [6.07, 6.45) is -4.49. The molecule has 1 N–H and O–H groups in total. The Morgan fingerprint density at radius 1 is 1.07 bits per heavy atom. The van der Waals surface area contributed by atoms with E-state index in [1.807, 2.05) is 0 Å². The van der Waals surface area contributed by atoms with E-state index < -0.39 is 17.6 Å². The molecule has 158 valence electrons. The number of nitrogens with one attached hydrogen (secondary N) is 1. The van der Waals surface area contributed by atoms with Crippen LogP contribution in [0, 0.1) is 0 Å². The molecule has 0 aromatic heterocycles. The molecule has 1 amide bonds. The van der Waals surface area contributed by atoms with E-state index in [2.05, 4.69) is 21.2 Å². The summed E-state index contributed by atoms with van der Waals surface area (Å²) in [6.45, 7) is -0.341. The molecule has 2 aromatic carbocycles. The van der Waals surface area contributed by atoms with E-state index >= 15 is 0 Å². The van der Waals surface area contributed by atoms with Crippen molar-refractivity contribution in [2.24, 2.45) is 0 Å². The second-order valence-electron chi connectivity index (χ2n) is 5.74. The van der Waals surface area contributed by atoms with Crippen LogP contribution in [0.1, 0.15) is 11.1 Å². The van der Waals surface area contributed by atoms with Crippen molar-refractivity contribution < 1.29 is 36.9 Å². The first kappa shape index (κ1) is 22.8. The number of benzene rings is 2. The number of hydrogen-bond acceptors (Lipinski definition) is 5. The van der Waals surface area contributed by atoms with Gasteiger partial charge in [-0.3, -0.25) is 4.79 Å². The van der Waals surface area contributed by atoms with Gasteiger partial charge in [0.25, 0.3) is 0 Å². The van der Waals surface area contributed by atoms with Crippen LogP contribution in [-0.4, -0.2) is 33.8 Å². The Hall–Kier alpha value is -2.46. The van der Waals surface area contributed by atoms with Crippen LogP contribution in [0.15, 0.2) is 34.8 Å². The molecular formula is C19H19BrF3NO5. The SMILES string of the molecule is COc1cc(COCC(=O)Nc2cccc(C(F)(F)F)c2)c(Br)c(OC)c1OC. The second kappa shape index (κ2) is 9.84. The first-order valence-electron chi connectivity index (χ1n) is 8.23. The molecule has 0 spiro atoms. The summed E-state index contributed by atoms with van der Waals surface area (Å²) in [5.74, 6) is 0.624. The number of ether oxygens (including phenoxy) is 4. The molecule has 2 rings (SSSR count). The van der Waals surface area contributed by atoms with Gasteiger partial charge in [0.15, 0.2) is 11.5 Å². The van der Waals surface area contributed by atoms with Gasteiger partial charge in [-0.05, 0) is 45.8 Å². The number of anilines is 1. The summed E-state index contributed by atoms with van der Waals surface area (Å²) in [5, 5.41) is 2.37. The van der Waals surface area contributed by atoms with Gasteiger partial charge in [-0.15, -0.1) is 0 Å². The Labute approximate surface area is 174 Å². The zero-order chi connectivity index (χ0) is 21.6. The molecule has 0 aliphatic rings. The fourth-order valence-electron chi connectivity index (χ4n) is 2.50. The largest absolute Gasteiger partial charge is 0.493 e. The minimum atomic E-state index is -4.49. The lowest BCUT2D eigenvalue weighted by Crippen LogP contribution is -2.18. The molecule has 29 heavy (non-hydrogen) atoms. The monoisotopic (exact) mass is 477 g/mol. The van der Waals surface area contributed by atoms with E-state index in [4.69, 9.17) is 18.9 Å². The van der Waals surface area contributed by atoms with Crippen molar-refractivity contribution in [3.05, 3.63) is 45.9 Å². The highest BCUT2D eigenvalue weighted by Crippen LogP contribution is 2.44. The summed E-state index contributed by atoms with van der Waals surface area (Å²) in [4.78, 5) is 12.0. The van der Waals surface area contributed by atoms with Crippen LogP contribution in [0.2, 0.25) is 0 Å². The minimum Gasteiger partial charge on any atom is -0.493 e. The van der Waals surface area contributed by atoms with Crippen LogP contribution in [-0.2, 0) is 22.3 Å². The van der Waals surface area contributed by atoms with Crippen LogP contribution in [0.4, 0.5) is 18.9 Å². The van der Waals surface area contributed by atoms with Crippen LogP contribution in [0.25, 0.3) is 0 Å². The topological polar surface area (TPSA) is 66.0 Å². The second-order valence-corrected chi connectivity index (χ2v) is 6.53. The molecule has 0 saturated heterocycles. The van der Waals surface area contributed by atoms with Gasteiger partial charge in [-0.25, -0.2) is 0 Å². The first-order chi connectivity index (χ1) is 13.7. The summed E-state index contributed by atoms with van der Waals surface area (Å²) in [6, 6.07) is 6.02. The minimum absolute atomic E-state index is 0.0211. The van der Waals surface area contributed by atoms with Crippen LogP contribution in [0.3, 0.4) is 0 Å². The Morgan fingerprint density at radius 3 is 2.34 bits per heavy atom. The number of rotatable bonds is 8. The lowest BCUT2D eigenvalue weighted by atomic mass is 10.2. The highest BCUT2D eigenvalue weighted by Gasteiger charge is 2.30. The fraction of sp³-hybridized carbons (Fsp3) is 0.316. The Balaban J connectivity index is 2.02. The molecule has 6 nitrogen and oxygen atoms in total. The van der Waals surface area contributed by atoms with Crippen molar-refractivity contribution in [1.29, 1.82) is 0 Å². The van der Waals surface area contributed by atoms with E-state index in [9.17, 15) is 18.0 Å². The number of alkyl halides is 3. The van der Waals surface area contributed by atoms with Crippen molar-refractivity contribution >= 4 is 27.5 Å². The molecule has 0 atom stereocenters. The molecule has 0 unspecified atom stereocenters. The van der Waals surface area contributed by atoms with E-state index in [0.29, 0.717) is 27.3 Å². The molecule has 0 fully saturated rings. The van der Waals surface area contributed by atoms with Gasteiger partial charge in [-0.1, -0.05) is 6.07 Å². The Kier molecular flexibility index (Phi) is 7.74. The third-order valence-electron chi connectivity index (χ3n) is 3.81. The number of carbonyl (C=O) groups excluding carboxylic acids is 1. The molecule has 10 heteroatoms. The maximum absolute atomic E-state index is 12.7. The maximum Gasteiger partial charge on any atom is 0.416 e. The van der Waals surface area contributed by atoms with E-state index in [1.165, 1.54) is 33.5 Å². The highest BCUT2D eigenvalue weighted by molar-refractivity contribution is 9.10. The summed E-state index contributed by atoms with van der Waals surface area (Å²) < 4.78 is 60.0. The molecule has 2 aromatic rings. The average molecular weight is 478 g/mol. The highest BCUT2D eigenvalue weighted by atomic mass is 79.9. The number of methoxy groups -OCH3 is 3. The van der Waals surface area contributed by atoms with Crippen LogP contribution < -0.4 is 19.5 Å². The Bertz CT molecular complexity index is 874. The standard InChI is InChI=1S/C19H19BrF3NO5/c1-26-14-7-11(16(20)18(28-3)17(14)27-2)9-29-10-15(25)24-13-6-4-5-12(8-13)19(21,22)23/h4-8H,9-10H2,1-3H3,(H,24,25). The van der Waals surface area contributed by atoms with Gasteiger partial charge in [0, 0.05) is 5.69 Å². The van der Waals surface area contributed by atoms with E-state index in [-0.39, 0.29) is 18.9 Å². The Morgan fingerprint density at radius 2 is 1.76 bits per heavy atom. The van der Waals surface area contributed by atoms with Gasteiger partial charge in [0.05, 0.1) is 38.0 Å². The van der Waals surface area contributed by atoms with E-state index in [0.717, 1.165) is 12.1 Å². The fourth-order valence-corrected chi connectivity index (χ4v) is 3.07. The van der Waals surface area contributed by atoms with Crippen molar-refractivity contribution in [2.45, 2.75) is 12.8 Å². The molecule has 0 radical (unpaired) electrons. The molecule has 0 saturated carbocycles. The lowest BCUT2D eigenvalue weighted by Gasteiger charge is -2.16. The third kappa shape index (κ3) is 5.77. The number of amides is 1. The van der Waals surface area contributed by atoms with Gasteiger partial charge in [0.1, 0.15) is 6.61 Å². The number of hydrogen-bond donors (Lipinski definition) is 1. The van der Waals surface area contributed by atoms with Crippen molar-refractivity contribution in [1.82, 2.24) is 0 Å². The van der Waals surface area contributed by atoms with Crippen molar-refractivity contribution in [3.8, 4) is 17.2 Å². The van der Waals surface area contributed by atoms with Crippen molar-refractivity contribution in [3.63, 3.8) is 0 Å². The summed E-state index contributed by atoms with van der Waals surface area (Å²) >= 11 is 3.40. The molecule has 0 bridgehead atoms. The predicted molar refractivity (Wildman–Crippen MR) is 104 cm³/mol. The zero-order valence-electron chi connectivity index (χ0n) is 15.9. The third-order valence-corrected chi connectivity index (χ3v) is 4.68.